The van der Waals surface area contributed by atoms with Crippen LogP contribution in [0.4, 0.5) is 0 Å². The minimum absolute atomic E-state index is 0.188. The lowest BCUT2D eigenvalue weighted by Gasteiger charge is -2.18. The second-order valence-corrected chi connectivity index (χ2v) is 5.07. The van der Waals surface area contributed by atoms with E-state index in [-0.39, 0.29) is 5.41 Å². The van der Waals surface area contributed by atoms with Crippen LogP contribution in [0.1, 0.15) is 39.0 Å². The van der Waals surface area contributed by atoms with Crippen LogP contribution in [0.5, 0.6) is 0 Å². The first-order valence-electron chi connectivity index (χ1n) is 5.53. The fourth-order valence-corrected chi connectivity index (χ4v) is 1.73. The van der Waals surface area contributed by atoms with Crippen molar-refractivity contribution in [2.45, 2.75) is 39.5 Å². The fraction of sp³-hybridized carbons (Fsp3) is 0.429. The normalized spacial score (nSPS) is 12.3. The number of hydrogen-bond acceptors (Lipinski definition) is 1. The van der Waals surface area contributed by atoms with Gasteiger partial charge >= 0.3 is 0 Å². The van der Waals surface area contributed by atoms with E-state index in [0.29, 0.717) is 0 Å². The molecule has 0 aliphatic heterocycles. The van der Waals surface area contributed by atoms with Gasteiger partial charge in [0.2, 0.25) is 0 Å². The maximum atomic E-state index is 5.75. The van der Waals surface area contributed by atoms with Gasteiger partial charge in [-0.25, -0.2) is 0 Å². The average Bonchev–Trinajstić information content (AvgIpc) is 2.57. The molecule has 1 aromatic heterocycles. The van der Waals surface area contributed by atoms with E-state index in [1.807, 2.05) is 0 Å². The van der Waals surface area contributed by atoms with Gasteiger partial charge in [0.05, 0.1) is 0 Å². The van der Waals surface area contributed by atoms with Gasteiger partial charge in [0.25, 0.3) is 0 Å². The van der Waals surface area contributed by atoms with Crippen LogP contribution in [0.3, 0.4) is 0 Å². The highest BCUT2D eigenvalue weighted by Gasteiger charge is 2.14. The highest BCUT2D eigenvalue weighted by atomic mass is 16.3. The molecule has 15 heavy (non-hydrogen) atoms. The second kappa shape index (κ2) is 3.41. The Hall–Kier alpha value is -1.24. The molecule has 0 saturated heterocycles. The van der Waals surface area contributed by atoms with Crippen LogP contribution < -0.4 is 0 Å². The zero-order valence-corrected chi connectivity index (χ0v) is 9.92. The third-order valence-corrected chi connectivity index (χ3v) is 2.79. The van der Waals surface area contributed by atoms with Gasteiger partial charge in [-0.1, -0.05) is 39.8 Å². The summed E-state index contributed by atoms with van der Waals surface area (Å²) in [6.07, 6.45) is 0.958. The molecule has 0 spiro atoms. The van der Waals surface area contributed by atoms with Crippen LogP contribution in [0, 0.1) is 0 Å². The standard InChI is InChI=1S/C14H18O/c1-5-12-8-10-6-7-11(14(2,3)4)9-13(10)15-12/h6-9H,5H2,1-4H3. The number of benzene rings is 1. The fourth-order valence-electron chi connectivity index (χ4n) is 1.73. The Bertz CT molecular complexity index is 472. The summed E-state index contributed by atoms with van der Waals surface area (Å²) in [4.78, 5) is 0. The van der Waals surface area contributed by atoms with Crippen LogP contribution in [0.15, 0.2) is 28.7 Å². The third kappa shape index (κ3) is 1.92. The monoisotopic (exact) mass is 202 g/mol. The van der Waals surface area contributed by atoms with Crippen molar-refractivity contribution in [3.63, 3.8) is 0 Å². The molecule has 0 N–H and O–H groups in total. The molecule has 2 aromatic rings. The number of hydrogen-bond donors (Lipinski definition) is 0. The molecule has 0 radical (unpaired) electrons. The molecule has 0 aliphatic rings. The molecule has 0 aliphatic carbocycles. The van der Waals surface area contributed by atoms with Crippen molar-refractivity contribution in [2.24, 2.45) is 0 Å². The minimum Gasteiger partial charge on any atom is -0.461 e. The van der Waals surface area contributed by atoms with E-state index >= 15 is 0 Å². The average molecular weight is 202 g/mol. The molecular weight excluding hydrogens is 184 g/mol. The van der Waals surface area contributed by atoms with E-state index < -0.39 is 0 Å². The molecule has 80 valence electrons. The van der Waals surface area contributed by atoms with Gasteiger partial charge in [-0.2, -0.15) is 0 Å². The molecule has 1 heterocycles. The molecule has 2 rings (SSSR count). The molecule has 1 aromatic carbocycles. The first-order chi connectivity index (χ1) is 7.00. The Morgan fingerprint density at radius 3 is 2.47 bits per heavy atom. The van der Waals surface area contributed by atoms with Crippen molar-refractivity contribution < 1.29 is 4.42 Å². The molecule has 0 unspecified atom stereocenters. The van der Waals surface area contributed by atoms with Gasteiger partial charge in [-0.3, -0.25) is 0 Å². The summed E-state index contributed by atoms with van der Waals surface area (Å²) in [5.41, 5.74) is 2.53. The number of rotatable bonds is 1. The Labute approximate surface area is 91.1 Å². The predicted molar refractivity (Wildman–Crippen MR) is 64.3 cm³/mol. The lowest BCUT2D eigenvalue weighted by molar-refractivity contribution is 0.551. The molecule has 0 atom stereocenters. The largest absolute Gasteiger partial charge is 0.461 e. The van der Waals surface area contributed by atoms with Crippen LogP contribution in [-0.4, -0.2) is 0 Å². The zero-order chi connectivity index (χ0) is 11.1. The number of fused-ring (bicyclic) bond motifs is 1. The Balaban J connectivity index is 2.55. The third-order valence-electron chi connectivity index (χ3n) is 2.79. The Morgan fingerprint density at radius 1 is 1.13 bits per heavy atom. The van der Waals surface area contributed by atoms with E-state index in [1.54, 1.807) is 0 Å². The van der Waals surface area contributed by atoms with E-state index in [2.05, 4.69) is 52.0 Å². The smallest absolute Gasteiger partial charge is 0.134 e. The SMILES string of the molecule is CCc1cc2ccc(C(C)(C)C)cc2o1. The van der Waals surface area contributed by atoms with Crippen LogP contribution in [0.2, 0.25) is 0 Å². The summed E-state index contributed by atoms with van der Waals surface area (Å²) in [5.74, 6) is 1.07. The van der Waals surface area contributed by atoms with Gasteiger partial charge in [0.15, 0.2) is 0 Å². The summed E-state index contributed by atoms with van der Waals surface area (Å²) in [5, 5.41) is 1.21. The minimum atomic E-state index is 0.188. The van der Waals surface area contributed by atoms with E-state index in [4.69, 9.17) is 4.42 Å². The predicted octanol–water partition coefficient (Wildman–Crippen LogP) is 4.29. The second-order valence-electron chi connectivity index (χ2n) is 5.07. The summed E-state index contributed by atoms with van der Waals surface area (Å²) < 4.78 is 5.75. The van der Waals surface area contributed by atoms with Gasteiger partial charge < -0.3 is 4.42 Å². The highest BCUT2D eigenvalue weighted by Crippen LogP contribution is 2.27. The number of aryl methyl sites for hydroxylation is 1. The van der Waals surface area contributed by atoms with Crippen molar-refractivity contribution in [1.29, 1.82) is 0 Å². The van der Waals surface area contributed by atoms with Gasteiger partial charge in [0, 0.05) is 11.8 Å². The lowest BCUT2D eigenvalue weighted by atomic mass is 9.87. The summed E-state index contributed by atoms with van der Waals surface area (Å²) in [6.45, 7) is 8.77. The Kier molecular flexibility index (Phi) is 2.34. The quantitative estimate of drug-likeness (QED) is 0.672. The van der Waals surface area contributed by atoms with Crippen molar-refractivity contribution in [3.05, 3.63) is 35.6 Å². The van der Waals surface area contributed by atoms with E-state index in [9.17, 15) is 0 Å². The van der Waals surface area contributed by atoms with Crippen LogP contribution >= 0.6 is 0 Å². The lowest BCUT2D eigenvalue weighted by Crippen LogP contribution is -2.10. The molecule has 0 fully saturated rings. The summed E-state index contributed by atoms with van der Waals surface area (Å²) >= 11 is 0. The van der Waals surface area contributed by atoms with Crippen LogP contribution in [0.25, 0.3) is 11.0 Å². The summed E-state index contributed by atoms with van der Waals surface area (Å²) in [7, 11) is 0. The number of furan rings is 1. The first-order valence-corrected chi connectivity index (χ1v) is 5.53. The van der Waals surface area contributed by atoms with Gasteiger partial charge in [-0.05, 0) is 23.1 Å². The van der Waals surface area contributed by atoms with Gasteiger partial charge in [-0.15, -0.1) is 0 Å². The zero-order valence-electron chi connectivity index (χ0n) is 9.92. The molecule has 0 amide bonds. The molecule has 0 saturated carbocycles. The Morgan fingerprint density at radius 2 is 1.87 bits per heavy atom. The molecule has 1 heteroatoms. The van der Waals surface area contributed by atoms with Crippen LogP contribution in [-0.2, 0) is 11.8 Å². The highest BCUT2D eigenvalue weighted by molar-refractivity contribution is 5.78. The topological polar surface area (TPSA) is 13.1 Å². The van der Waals surface area contributed by atoms with Crippen molar-refractivity contribution in [2.75, 3.05) is 0 Å². The maximum absolute atomic E-state index is 5.75. The maximum Gasteiger partial charge on any atom is 0.134 e. The molecule has 0 bridgehead atoms. The van der Waals surface area contributed by atoms with E-state index in [0.717, 1.165) is 17.8 Å². The van der Waals surface area contributed by atoms with E-state index in [1.165, 1.54) is 10.9 Å². The van der Waals surface area contributed by atoms with Crippen molar-refractivity contribution in [3.8, 4) is 0 Å². The molecular formula is C14H18O. The van der Waals surface area contributed by atoms with Gasteiger partial charge in [0.1, 0.15) is 11.3 Å². The van der Waals surface area contributed by atoms with Crippen molar-refractivity contribution >= 4 is 11.0 Å². The first kappa shape index (κ1) is 10.3. The summed E-state index contributed by atoms with van der Waals surface area (Å²) in [6, 6.07) is 8.63. The van der Waals surface area contributed by atoms with Crippen molar-refractivity contribution in [1.82, 2.24) is 0 Å². The molecule has 1 nitrogen and oxygen atoms in total.